The number of nitrogens with two attached hydrogens (primary N) is 1. The molecule has 0 fully saturated rings. The number of aliphatic hydroxyl groups is 2. The van der Waals surface area contributed by atoms with E-state index >= 15 is 0 Å². The molecule has 0 radical (unpaired) electrons. The summed E-state index contributed by atoms with van der Waals surface area (Å²) < 4.78 is 71.9. The highest BCUT2D eigenvalue weighted by atomic mass is 32.2. The zero-order chi connectivity index (χ0) is 28.7. The Bertz CT molecular complexity index is 1760. The fourth-order valence-corrected chi connectivity index (χ4v) is 4.66. The number of allylic oxidation sites excluding steroid dienone is 1. The van der Waals surface area contributed by atoms with E-state index in [9.17, 15) is 36.6 Å². The second-order valence-electron chi connectivity index (χ2n) is 8.94. The Hall–Kier alpha value is -4.49. The first-order valence-corrected chi connectivity index (χ1v) is 12.6. The number of aliphatic hydroxyl groups excluding tert-OH is 1. The van der Waals surface area contributed by atoms with E-state index in [1.54, 1.807) is 24.3 Å². The summed E-state index contributed by atoms with van der Waals surface area (Å²) in [5.41, 5.74) is 2.70. The van der Waals surface area contributed by atoms with Crippen LogP contribution in [0.3, 0.4) is 0 Å². The molecule has 4 rings (SSSR count). The molecule has 0 saturated heterocycles. The number of imidazole rings is 1. The van der Waals surface area contributed by atoms with Crippen LogP contribution in [0.25, 0.3) is 22.4 Å². The quantitative estimate of drug-likeness (QED) is 0.0874. The lowest BCUT2D eigenvalue weighted by atomic mass is 9.98. The van der Waals surface area contributed by atoms with Crippen LogP contribution < -0.4 is 5.73 Å². The predicted octanol–water partition coefficient (Wildman–Crippen LogP) is 4.11. The van der Waals surface area contributed by atoms with Gasteiger partial charge in [-0.15, -0.1) is 4.40 Å². The van der Waals surface area contributed by atoms with Crippen LogP contribution in [0.15, 0.2) is 70.0 Å². The average molecular weight is 559 g/mol. The molecule has 0 saturated carbocycles. The molecule has 0 unspecified atom stereocenters. The Kier molecular flexibility index (Phi) is 7.06. The number of amidine groups is 1. The molecule has 0 spiro atoms. The molecule has 13 heteroatoms. The lowest BCUT2D eigenvalue weighted by Gasteiger charge is -2.16. The summed E-state index contributed by atoms with van der Waals surface area (Å²) in [6, 6.07) is 11.0. The molecule has 202 valence electrons. The topological polar surface area (TPSA) is 159 Å². The van der Waals surface area contributed by atoms with Gasteiger partial charge in [-0.2, -0.15) is 8.42 Å². The third-order valence-electron chi connectivity index (χ3n) is 5.59. The maximum Gasteiger partial charge on any atom is 0.286 e. The van der Waals surface area contributed by atoms with Crippen molar-refractivity contribution in [2.24, 2.45) is 10.1 Å². The number of sulfonamides is 1. The summed E-state index contributed by atoms with van der Waals surface area (Å²) in [6.07, 6.45) is 0. The van der Waals surface area contributed by atoms with Gasteiger partial charge in [0, 0.05) is 5.56 Å². The second-order valence-corrected chi connectivity index (χ2v) is 10.5. The molecular formula is C26H21F3N4O5S. The number of nitrogens with zero attached hydrogens (tertiary/aromatic N) is 2. The van der Waals surface area contributed by atoms with Crippen LogP contribution in [0.2, 0.25) is 0 Å². The summed E-state index contributed by atoms with van der Waals surface area (Å²) >= 11 is 0. The van der Waals surface area contributed by atoms with E-state index < -0.39 is 72.0 Å². The summed E-state index contributed by atoms with van der Waals surface area (Å²) in [7, 11) is -4.85. The molecule has 1 aromatic heterocycles. The number of Topliss-reactive ketones (excluding diaryl/α,β-unsaturated/α-hetero) is 1. The molecule has 9 nitrogen and oxygen atoms in total. The minimum Gasteiger partial charge on any atom is -0.506 e. The highest BCUT2D eigenvalue weighted by Crippen LogP contribution is 2.31. The zero-order valence-electron chi connectivity index (χ0n) is 20.4. The highest BCUT2D eigenvalue weighted by Gasteiger charge is 2.29. The van der Waals surface area contributed by atoms with Crippen molar-refractivity contribution in [1.29, 1.82) is 0 Å². The number of benzene rings is 3. The number of rotatable bonds is 7. The van der Waals surface area contributed by atoms with Crippen LogP contribution in [0.5, 0.6) is 0 Å². The van der Waals surface area contributed by atoms with Gasteiger partial charge in [-0.05, 0) is 62.4 Å². The van der Waals surface area contributed by atoms with E-state index in [0.717, 1.165) is 18.2 Å². The smallest absolute Gasteiger partial charge is 0.286 e. The van der Waals surface area contributed by atoms with E-state index in [-0.39, 0.29) is 5.82 Å². The van der Waals surface area contributed by atoms with Gasteiger partial charge < -0.3 is 20.9 Å². The number of aromatic nitrogens is 2. The van der Waals surface area contributed by atoms with Crippen molar-refractivity contribution in [3.63, 3.8) is 0 Å². The number of aromatic amines is 1. The van der Waals surface area contributed by atoms with Crippen LogP contribution in [-0.2, 0) is 10.0 Å². The normalized spacial score (nSPS) is 13.4. The number of hydrogen-bond acceptors (Lipinski definition) is 6. The number of para-hydroxylation sites is 2. The number of carbonyl (C=O) groups is 1. The molecule has 0 aliphatic carbocycles. The molecule has 1 heterocycles. The van der Waals surface area contributed by atoms with E-state index in [4.69, 9.17) is 5.73 Å². The lowest BCUT2D eigenvalue weighted by molar-refractivity contribution is 0.105. The summed E-state index contributed by atoms with van der Waals surface area (Å²) in [5, 5.41) is 21.1. The summed E-state index contributed by atoms with van der Waals surface area (Å²) in [4.78, 5) is 19.5. The van der Waals surface area contributed by atoms with Crippen molar-refractivity contribution < 1.29 is 36.6 Å². The SMILES string of the molecule is CC(C)(O)C(N)=NS(=O)(=O)c1cc(C(O)=C(C(=O)c2cc(F)ccc2F)c2nc3ccccc3[nH]2)ccc1F. The third-order valence-corrected chi connectivity index (χ3v) is 6.90. The zero-order valence-corrected chi connectivity index (χ0v) is 21.2. The van der Waals surface area contributed by atoms with Crippen molar-refractivity contribution in [1.82, 2.24) is 9.97 Å². The third kappa shape index (κ3) is 5.54. The van der Waals surface area contributed by atoms with Crippen molar-refractivity contribution in [3.8, 4) is 0 Å². The molecular weight excluding hydrogens is 537 g/mol. The number of hydrogen-bond donors (Lipinski definition) is 4. The van der Waals surface area contributed by atoms with Gasteiger partial charge in [-0.1, -0.05) is 12.1 Å². The van der Waals surface area contributed by atoms with Gasteiger partial charge in [-0.25, -0.2) is 18.2 Å². The molecule has 0 aliphatic heterocycles. The average Bonchev–Trinajstić information content (AvgIpc) is 3.28. The van der Waals surface area contributed by atoms with Crippen molar-refractivity contribution in [2.45, 2.75) is 24.3 Å². The van der Waals surface area contributed by atoms with E-state index in [0.29, 0.717) is 29.2 Å². The maximum absolute atomic E-state index is 14.6. The van der Waals surface area contributed by atoms with Crippen LogP contribution >= 0.6 is 0 Å². The number of H-pyrrole nitrogens is 1. The van der Waals surface area contributed by atoms with Gasteiger partial charge in [0.15, 0.2) is 0 Å². The van der Waals surface area contributed by atoms with E-state index in [1.807, 2.05) is 0 Å². The molecule has 0 aliphatic rings. The number of nitrogens with one attached hydrogen (secondary N) is 1. The first-order chi connectivity index (χ1) is 18.2. The van der Waals surface area contributed by atoms with Gasteiger partial charge in [0.25, 0.3) is 10.0 Å². The van der Waals surface area contributed by atoms with Gasteiger partial charge >= 0.3 is 0 Å². The Balaban J connectivity index is 1.97. The Morgan fingerprint density at radius 1 is 1.03 bits per heavy atom. The predicted molar refractivity (Wildman–Crippen MR) is 138 cm³/mol. The Morgan fingerprint density at radius 2 is 1.69 bits per heavy atom. The second kappa shape index (κ2) is 10.0. The largest absolute Gasteiger partial charge is 0.506 e. The monoisotopic (exact) mass is 558 g/mol. The van der Waals surface area contributed by atoms with Gasteiger partial charge in [-0.3, -0.25) is 4.79 Å². The number of ketones is 1. The highest BCUT2D eigenvalue weighted by molar-refractivity contribution is 7.90. The minimum absolute atomic E-state index is 0.250. The minimum atomic E-state index is -4.85. The molecule has 0 bridgehead atoms. The Morgan fingerprint density at radius 3 is 2.36 bits per heavy atom. The Labute approximate surface area is 220 Å². The van der Waals surface area contributed by atoms with Crippen molar-refractivity contribution >= 4 is 44.0 Å². The molecule has 4 aromatic rings. The van der Waals surface area contributed by atoms with Gasteiger partial charge in [0.2, 0.25) is 5.78 Å². The van der Waals surface area contributed by atoms with E-state index in [1.165, 1.54) is 13.8 Å². The molecule has 0 amide bonds. The van der Waals surface area contributed by atoms with Gasteiger partial charge in [0.1, 0.15) is 50.9 Å². The van der Waals surface area contributed by atoms with Crippen LogP contribution in [-0.4, -0.2) is 45.8 Å². The molecule has 5 N–H and O–H groups in total. The van der Waals surface area contributed by atoms with E-state index in [2.05, 4.69) is 14.4 Å². The van der Waals surface area contributed by atoms with Gasteiger partial charge in [0.05, 0.1) is 16.6 Å². The maximum atomic E-state index is 14.6. The number of carbonyl (C=O) groups excluding carboxylic acids is 1. The molecule has 3 aromatic carbocycles. The lowest BCUT2D eigenvalue weighted by Crippen LogP contribution is -2.38. The summed E-state index contributed by atoms with van der Waals surface area (Å²) in [6.45, 7) is 2.33. The van der Waals surface area contributed by atoms with Crippen molar-refractivity contribution in [3.05, 3.63) is 95.1 Å². The van der Waals surface area contributed by atoms with Crippen molar-refractivity contribution in [2.75, 3.05) is 0 Å². The first kappa shape index (κ1) is 27.5. The summed E-state index contributed by atoms with van der Waals surface area (Å²) in [5.74, 6) is -6.39. The number of halogens is 3. The molecule has 0 atom stereocenters. The first-order valence-electron chi connectivity index (χ1n) is 11.2. The van der Waals surface area contributed by atoms with Crippen LogP contribution in [0, 0.1) is 17.5 Å². The van der Waals surface area contributed by atoms with Crippen LogP contribution in [0.1, 0.15) is 35.6 Å². The van der Waals surface area contributed by atoms with Crippen LogP contribution in [0.4, 0.5) is 13.2 Å². The fourth-order valence-electron chi connectivity index (χ4n) is 3.49. The number of fused-ring (bicyclic) bond motifs is 1. The standard InChI is InChI=1S/C26H21F3N4O5S/c1-26(2,36)25(30)33-39(37,38)20-11-13(7-9-17(20)29)22(34)21(23(35)15-12-14(27)8-10-16(15)28)24-31-18-5-3-4-6-19(18)32-24/h3-12,34,36H,1-2H3,(H2,30,33)(H,31,32). The fraction of sp³-hybridized carbons (Fsp3) is 0.115. The molecule has 39 heavy (non-hydrogen) atoms.